The van der Waals surface area contributed by atoms with Gasteiger partial charge in [-0.15, -0.1) is 0 Å². The van der Waals surface area contributed by atoms with Crippen LogP contribution in [-0.4, -0.2) is 49.0 Å². The number of nitrogens with zero attached hydrogens (tertiary/aromatic N) is 1. The summed E-state index contributed by atoms with van der Waals surface area (Å²) in [5.74, 6) is -2.56. The zero-order valence-corrected chi connectivity index (χ0v) is 15.5. The number of unbranched alkanes of at least 4 members (excludes halogenated alkanes) is 1. The van der Waals surface area contributed by atoms with E-state index in [0.717, 1.165) is 63.3 Å². The van der Waals surface area contributed by atoms with Gasteiger partial charge in [0.1, 0.15) is 13.4 Å². The Bertz CT molecular complexity index is 609. The molecule has 0 aromatic heterocycles. The lowest BCUT2D eigenvalue weighted by molar-refractivity contribution is -0.147. The van der Waals surface area contributed by atoms with Crippen molar-refractivity contribution < 1.29 is 18.7 Å². The highest BCUT2D eigenvalue weighted by atomic mass is 19.2. The van der Waals surface area contributed by atoms with Gasteiger partial charge in [-0.25, -0.2) is 8.78 Å². The number of nitrogens with two attached hydrogens (primary N) is 1. The minimum absolute atomic E-state index is 0.0172. The van der Waals surface area contributed by atoms with Crippen LogP contribution in [-0.2, 0) is 11.2 Å². The molecule has 1 saturated heterocycles. The summed E-state index contributed by atoms with van der Waals surface area (Å²) in [4.78, 5) is 14.0. The quantitative estimate of drug-likeness (QED) is 0.520. The average Bonchev–Trinajstić information content (AvgIpc) is 2.63. The van der Waals surface area contributed by atoms with Gasteiger partial charge < -0.3 is 15.7 Å². The molecule has 0 amide bonds. The van der Waals surface area contributed by atoms with Crippen molar-refractivity contribution >= 4 is 13.8 Å². The molecule has 3 N–H and O–H groups in total. The van der Waals surface area contributed by atoms with E-state index in [1.54, 1.807) is 6.07 Å². The smallest absolute Gasteiger partial charge is 0.323 e. The van der Waals surface area contributed by atoms with Crippen molar-refractivity contribution in [3.05, 3.63) is 35.4 Å². The highest BCUT2D eigenvalue weighted by Crippen LogP contribution is 2.31. The highest BCUT2D eigenvalue weighted by Gasteiger charge is 2.42. The van der Waals surface area contributed by atoms with E-state index in [-0.39, 0.29) is 5.92 Å². The van der Waals surface area contributed by atoms with Crippen molar-refractivity contribution in [3.63, 3.8) is 0 Å². The minimum atomic E-state index is -1.14. The Kier molecular flexibility index (Phi) is 7.59. The normalized spacial score (nSPS) is 18.6. The molecule has 1 heterocycles. The predicted molar refractivity (Wildman–Crippen MR) is 101 cm³/mol. The van der Waals surface area contributed by atoms with Crippen LogP contribution in [0, 0.1) is 17.6 Å². The Hall–Kier alpha value is -1.47. The second-order valence-corrected chi connectivity index (χ2v) is 7.42. The summed E-state index contributed by atoms with van der Waals surface area (Å²) >= 11 is 0. The standard InChI is InChI=1S/C19H29BF2N2O2/c20-9-2-1-8-19(23,18(25)26)15-6-11-24(12-7-15)10-5-14-3-4-16(21)17(22)13-14/h3-4,13,15H,1-2,5-12,20,23H2,(H,25,26). The molecule has 1 atom stereocenters. The number of carboxylic acid groups (broad SMARTS) is 1. The van der Waals surface area contributed by atoms with Crippen LogP contribution < -0.4 is 5.73 Å². The van der Waals surface area contributed by atoms with Gasteiger partial charge >= 0.3 is 5.97 Å². The molecule has 0 aliphatic carbocycles. The fourth-order valence-electron chi connectivity index (χ4n) is 3.81. The van der Waals surface area contributed by atoms with Crippen molar-refractivity contribution in [2.75, 3.05) is 19.6 Å². The van der Waals surface area contributed by atoms with Crippen LogP contribution in [0.15, 0.2) is 18.2 Å². The molecule has 1 unspecified atom stereocenters. The molecule has 26 heavy (non-hydrogen) atoms. The summed E-state index contributed by atoms with van der Waals surface area (Å²) in [5, 5.41) is 9.65. The summed E-state index contributed by atoms with van der Waals surface area (Å²) in [5.41, 5.74) is 5.93. The van der Waals surface area contributed by atoms with E-state index in [2.05, 4.69) is 12.7 Å². The fourth-order valence-corrected chi connectivity index (χ4v) is 3.81. The largest absolute Gasteiger partial charge is 0.480 e. The predicted octanol–water partition coefficient (Wildman–Crippen LogP) is 2.22. The van der Waals surface area contributed by atoms with Gasteiger partial charge in [0.05, 0.1) is 0 Å². The maximum absolute atomic E-state index is 13.3. The zero-order chi connectivity index (χ0) is 19.2. The van der Waals surface area contributed by atoms with Gasteiger partial charge in [-0.05, 0) is 62.4 Å². The Morgan fingerprint density at radius 2 is 1.96 bits per heavy atom. The molecule has 0 spiro atoms. The van der Waals surface area contributed by atoms with E-state index in [1.165, 1.54) is 6.07 Å². The van der Waals surface area contributed by atoms with Crippen molar-refractivity contribution in [1.82, 2.24) is 4.90 Å². The number of hydrogen-bond acceptors (Lipinski definition) is 3. The first-order valence-electron chi connectivity index (χ1n) is 9.55. The number of carboxylic acids is 1. The summed E-state index contributed by atoms with van der Waals surface area (Å²) in [6.07, 6.45) is 5.56. The first kappa shape index (κ1) is 20.8. The van der Waals surface area contributed by atoms with Gasteiger partial charge in [0.25, 0.3) is 0 Å². The molecule has 1 aliphatic heterocycles. The van der Waals surface area contributed by atoms with Gasteiger partial charge in [0, 0.05) is 6.54 Å². The van der Waals surface area contributed by atoms with Gasteiger partial charge in [0.15, 0.2) is 11.6 Å². The molecule has 0 bridgehead atoms. The number of carbonyl (C=O) groups is 1. The Balaban J connectivity index is 1.84. The third kappa shape index (κ3) is 5.27. The molecule has 0 radical (unpaired) electrons. The zero-order valence-electron chi connectivity index (χ0n) is 15.5. The second kappa shape index (κ2) is 9.46. The van der Waals surface area contributed by atoms with Gasteiger partial charge in [-0.3, -0.25) is 4.79 Å². The summed E-state index contributed by atoms with van der Waals surface area (Å²) in [6, 6.07) is 4.00. The third-order valence-corrected chi connectivity index (χ3v) is 5.61. The Labute approximate surface area is 155 Å². The van der Waals surface area contributed by atoms with E-state index in [0.29, 0.717) is 12.8 Å². The first-order chi connectivity index (χ1) is 12.4. The fraction of sp³-hybridized carbons (Fsp3) is 0.632. The van der Waals surface area contributed by atoms with Crippen LogP contribution in [0.1, 0.15) is 37.7 Å². The highest BCUT2D eigenvalue weighted by molar-refractivity contribution is 6.08. The van der Waals surface area contributed by atoms with E-state index < -0.39 is 23.1 Å². The van der Waals surface area contributed by atoms with Crippen molar-refractivity contribution in [1.29, 1.82) is 0 Å². The van der Waals surface area contributed by atoms with E-state index in [1.807, 2.05) is 0 Å². The maximum atomic E-state index is 13.3. The SMILES string of the molecule is BCCCCC(N)(C(=O)O)C1CCN(CCc2ccc(F)c(F)c2)CC1. The van der Waals surface area contributed by atoms with Crippen LogP contribution in [0.3, 0.4) is 0 Å². The molecule has 1 aromatic rings. The number of aliphatic carboxylic acids is 1. The van der Waals surface area contributed by atoms with Crippen LogP contribution >= 0.6 is 0 Å². The summed E-state index contributed by atoms with van der Waals surface area (Å²) in [6.45, 7) is 2.32. The minimum Gasteiger partial charge on any atom is -0.480 e. The number of likely N-dealkylation sites (tertiary alicyclic amines) is 1. The van der Waals surface area contributed by atoms with E-state index in [4.69, 9.17) is 5.73 Å². The molecular weight excluding hydrogens is 337 g/mol. The molecule has 144 valence electrons. The van der Waals surface area contributed by atoms with Gasteiger partial charge in [-0.1, -0.05) is 25.2 Å². The lowest BCUT2D eigenvalue weighted by Crippen LogP contribution is -2.57. The number of hydrogen-bond donors (Lipinski definition) is 2. The molecular formula is C19H29BF2N2O2. The van der Waals surface area contributed by atoms with Crippen LogP contribution in [0.2, 0.25) is 6.32 Å². The number of halogens is 2. The van der Waals surface area contributed by atoms with Crippen LogP contribution in [0.4, 0.5) is 8.78 Å². The number of piperidine rings is 1. The monoisotopic (exact) mass is 366 g/mol. The number of rotatable bonds is 9. The van der Waals surface area contributed by atoms with Crippen molar-refractivity contribution in [2.45, 2.75) is 50.4 Å². The Morgan fingerprint density at radius 1 is 1.27 bits per heavy atom. The van der Waals surface area contributed by atoms with E-state index in [9.17, 15) is 18.7 Å². The van der Waals surface area contributed by atoms with Gasteiger partial charge in [-0.2, -0.15) is 0 Å². The summed E-state index contributed by atoms with van der Waals surface area (Å²) in [7, 11) is 2.09. The lowest BCUT2D eigenvalue weighted by Gasteiger charge is -2.40. The lowest BCUT2D eigenvalue weighted by atomic mass is 9.75. The molecule has 1 aromatic carbocycles. The molecule has 1 aliphatic rings. The Morgan fingerprint density at radius 3 is 2.54 bits per heavy atom. The molecule has 7 heteroatoms. The van der Waals surface area contributed by atoms with Gasteiger partial charge in [0.2, 0.25) is 0 Å². The van der Waals surface area contributed by atoms with Crippen molar-refractivity contribution in [2.24, 2.45) is 11.7 Å². The molecule has 1 fully saturated rings. The summed E-state index contributed by atoms with van der Waals surface area (Å²) < 4.78 is 26.3. The van der Waals surface area contributed by atoms with Crippen LogP contribution in [0.25, 0.3) is 0 Å². The maximum Gasteiger partial charge on any atom is 0.323 e. The van der Waals surface area contributed by atoms with Crippen LogP contribution in [0.5, 0.6) is 0 Å². The number of benzene rings is 1. The van der Waals surface area contributed by atoms with Crippen molar-refractivity contribution in [3.8, 4) is 0 Å². The molecule has 4 nitrogen and oxygen atoms in total. The first-order valence-corrected chi connectivity index (χ1v) is 9.55. The second-order valence-electron chi connectivity index (χ2n) is 7.42. The topological polar surface area (TPSA) is 66.6 Å². The average molecular weight is 366 g/mol. The molecule has 2 rings (SSSR count). The third-order valence-electron chi connectivity index (χ3n) is 5.61. The molecule has 0 saturated carbocycles. The van der Waals surface area contributed by atoms with E-state index >= 15 is 0 Å².